The van der Waals surface area contributed by atoms with Crippen LogP contribution in [0.2, 0.25) is 10.3 Å². The Morgan fingerprint density at radius 1 is 1.31 bits per heavy atom. The Bertz CT molecular complexity index is 444. The van der Waals surface area contributed by atoms with Crippen molar-refractivity contribution in [2.24, 2.45) is 0 Å². The normalized spacial score (nSPS) is 11.4. The second-order valence-corrected chi connectivity index (χ2v) is 5.66. The predicted molar refractivity (Wildman–Crippen MR) is 64.4 cm³/mol. The first-order valence-corrected chi connectivity index (χ1v) is 7.03. The van der Waals surface area contributed by atoms with Crippen LogP contribution in [-0.2, 0) is 10.0 Å². The monoisotopic (exact) mass is 283 g/mol. The lowest BCUT2D eigenvalue weighted by Gasteiger charge is -2.09. The molecule has 1 aromatic heterocycles. The summed E-state index contributed by atoms with van der Waals surface area (Å²) in [6.07, 6.45) is 2.51. The summed E-state index contributed by atoms with van der Waals surface area (Å²) in [6, 6.07) is 0. The van der Waals surface area contributed by atoms with Crippen LogP contribution >= 0.6 is 23.2 Å². The average Bonchev–Trinajstić information content (AvgIpc) is 2.21. The molecule has 0 saturated heterocycles. The summed E-state index contributed by atoms with van der Waals surface area (Å²) in [4.78, 5) is 7.29. The van der Waals surface area contributed by atoms with Crippen LogP contribution in [0.4, 0.5) is 5.69 Å². The van der Waals surface area contributed by atoms with Gasteiger partial charge in [0.2, 0.25) is 10.0 Å². The van der Waals surface area contributed by atoms with Gasteiger partial charge in [-0.15, -0.1) is 0 Å². The number of aromatic nitrogens is 2. The van der Waals surface area contributed by atoms with Crippen molar-refractivity contribution in [3.8, 4) is 0 Å². The van der Waals surface area contributed by atoms with Crippen LogP contribution in [0.25, 0.3) is 0 Å². The SMILES string of the molecule is CCCCS(=O)(=O)Nc1c(Cl)ncnc1Cl. The van der Waals surface area contributed by atoms with E-state index in [0.29, 0.717) is 6.42 Å². The number of anilines is 1. The minimum Gasteiger partial charge on any atom is -0.278 e. The maximum absolute atomic E-state index is 11.6. The Morgan fingerprint density at radius 2 is 1.88 bits per heavy atom. The van der Waals surface area contributed by atoms with Crippen molar-refractivity contribution in [1.82, 2.24) is 9.97 Å². The average molecular weight is 284 g/mol. The Hall–Kier alpha value is -0.590. The van der Waals surface area contributed by atoms with Crippen molar-refractivity contribution in [3.05, 3.63) is 16.6 Å². The molecule has 0 amide bonds. The van der Waals surface area contributed by atoms with E-state index in [2.05, 4.69) is 14.7 Å². The molecular formula is C8H11Cl2N3O2S. The highest BCUT2D eigenvalue weighted by Crippen LogP contribution is 2.26. The maximum atomic E-state index is 11.6. The van der Waals surface area contributed by atoms with Crippen LogP contribution < -0.4 is 4.72 Å². The van der Waals surface area contributed by atoms with Gasteiger partial charge in [-0.25, -0.2) is 18.4 Å². The van der Waals surface area contributed by atoms with E-state index < -0.39 is 10.0 Å². The van der Waals surface area contributed by atoms with E-state index in [9.17, 15) is 8.42 Å². The van der Waals surface area contributed by atoms with Gasteiger partial charge < -0.3 is 0 Å². The lowest BCUT2D eigenvalue weighted by molar-refractivity contribution is 0.598. The highest BCUT2D eigenvalue weighted by Gasteiger charge is 2.15. The molecule has 0 radical (unpaired) electrons. The highest BCUT2D eigenvalue weighted by molar-refractivity contribution is 7.92. The molecule has 0 aliphatic heterocycles. The number of sulfonamides is 1. The molecule has 0 aliphatic rings. The van der Waals surface area contributed by atoms with Gasteiger partial charge in [0, 0.05) is 0 Å². The smallest absolute Gasteiger partial charge is 0.232 e. The van der Waals surface area contributed by atoms with Gasteiger partial charge in [-0.3, -0.25) is 4.72 Å². The van der Waals surface area contributed by atoms with E-state index in [1.165, 1.54) is 0 Å². The summed E-state index contributed by atoms with van der Waals surface area (Å²) >= 11 is 11.4. The standard InChI is InChI=1S/C8H11Cl2N3O2S/c1-2-3-4-16(14,15)13-6-7(9)11-5-12-8(6)10/h5,13H,2-4H2,1H3. The fourth-order valence-corrected chi connectivity index (χ4v) is 2.77. The van der Waals surface area contributed by atoms with E-state index in [0.717, 1.165) is 12.7 Å². The van der Waals surface area contributed by atoms with Gasteiger partial charge in [-0.1, -0.05) is 36.5 Å². The number of hydrogen-bond donors (Lipinski definition) is 1. The topological polar surface area (TPSA) is 72.0 Å². The molecule has 1 aromatic rings. The fourth-order valence-electron chi connectivity index (χ4n) is 0.970. The van der Waals surface area contributed by atoms with Gasteiger partial charge in [0.15, 0.2) is 10.3 Å². The van der Waals surface area contributed by atoms with Gasteiger partial charge in [-0.05, 0) is 6.42 Å². The Morgan fingerprint density at radius 3 is 2.38 bits per heavy atom. The van der Waals surface area contributed by atoms with Crippen LogP contribution in [0.15, 0.2) is 6.33 Å². The van der Waals surface area contributed by atoms with Crippen molar-refractivity contribution < 1.29 is 8.42 Å². The summed E-state index contributed by atoms with van der Waals surface area (Å²) < 4.78 is 25.4. The Balaban J connectivity index is 2.88. The minimum atomic E-state index is -3.44. The molecule has 0 aromatic carbocycles. The molecule has 1 heterocycles. The first-order chi connectivity index (χ1) is 7.46. The lowest BCUT2D eigenvalue weighted by atomic mass is 10.4. The van der Waals surface area contributed by atoms with E-state index >= 15 is 0 Å². The van der Waals surface area contributed by atoms with E-state index in [1.807, 2.05) is 6.92 Å². The van der Waals surface area contributed by atoms with Gasteiger partial charge in [0.25, 0.3) is 0 Å². The zero-order chi connectivity index (χ0) is 12.2. The number of nitrogens with one attached hydrogen (secondary N) is 1. The molecule has 0 bridgehead atoms. The van der Waals surface area contributed by atoms with Crippen LogP contribution in [0.1, 0.15) is 19.8 Å². The van der Waals surface area contributed by atoms with E-state index in [-0.39, 0.29) is 21.7 Å². The van der Waals surface area contributed by atoms with Gasteiger partial charge in [0.05, 0.1) is 5.75 Å². The van der Waals surface area contributed by atoms with Gasteiger partial charge >= 0.3 is 0 Å². The summed E-state index contributed by atoms with van der Waals surface area (Å²) in [5.74, 6) is 0.0189. The second-order valence-electron chi connectivity index (χ2n) is 3.10. The summed E-state index contributed by atoms with van der Waals surface area (Å²) in [7, 11) is -3.44. The zero-order valence-corrected chi connectivity index (χ0v) is 10.9. The van der Waals surface area contributed by atoms with Gasteiger partial charge in [-0.2, -0.15) is 0 Å². The molecule has 0 atom stereocenters. The molecule has 5 nitrogen and oxygen atoms in total. The molecule has 90 valence electrons. The van der Waals surface area contributed by atoms with Crippen LogP contribution in [0.5, 0.6) is 0 Å². The predicted octanol–water partition coefficient (Wildman–Crippen LogP) is 2.33. The lowest BCUT2D eigenvalue weighted by Crippen LogP contribution is -2.17. The van der Waals surface area contributed by atoms with E-state index in [4.69, 9.17) is 23.2 Å². The van der Waals surface area contributed by atoms with Crippen molar-refractivity contribution in [2.75, 3.05) is 10.5 Å². The van der Waals surface area contributed by atoms with Crippen molar-refractivity contribution in [3.63, 3.8) is 0 Å². The first-order valence-electron chi connectivity index (χ1n) is 4.62. The first kappa shape index (κ1) is 13.5. The minimum absolute atomic E-state index is 0.0138. The molecule has 1 N–H and O–H groups in total. The zero-order valence-electron chi connectivity index (χ0n) is 8.57. The van der Waals surface area contributed by atoms with Crippen molar-refractivity contribution in [1.29, 1.82) is 0 Å². The number of nitrogens with zero attached hydrogens (tertiary/aromatic N) is 2. The molecule has 8 heteroatoms. The Labute approximate surface area is 104 Å². The van der Waals surface area contributed by atoms with Crippen LogP contribution in [-0.4, -0.2) is 24.1 Å². The number of halogens is 2. The second kappa shape index (κ2) is 5.65. The van der Waals surface area contributed by atoms with Gasteiger partial charge in [0.1, 0.15) is 12.0 Å². The fraction of sp³-hybridized carbons (Fsp3) is 0.500. The third kappa shape index (κ3) is 3.77. The maximum Gasteiger partial charge on any atom is 0.232 e. The molecule has 0 aliphatic carbocycles. The number of rotatable bonds is 5. The third-order valence-corrected chi connectivity index (χ3v) is 3.69. The summed E-state index contributed by atoms with van der Waals surface area (Å²) in [5, 5.41) is -0.0276. The number of hydrogen-bond acceptors (Lipinski definition) is 4. The van der Waals surface area contributed by atoms with Crippen molar-refractivity contribution >= 4 is 38.9 Å². The van der Waals surface area contributed by atoms with Crippen molar-refractivity contribution in [2.45, 2.75) is 19.8 Å². The summed E-state index contributed by atoms with van der Waals surface area (Å²) in [6.45, 7) is 1.90. The molecule has 16 heavy (non-hydrogen) atoms. The Kier molecular flexibility index (Phi) is 4.76. The van der Waals surface area contributed by atoms with E-state index in [1.54, 1.807) is 0 Å². The van der Waals surface area contributed by atoms with Crippen LogP contribution in [0, 0.1) is 0 Å². The van der Waals surface area contributed by atoms with Crippen LogP contribution in [0.3, 0.4) is 0 Å². The molecule has 0 unspecified atom stereocenters. The highest BCUT2D eigenvalue weighted by atomic mass is 35.5. The molecular weight excluding hydrogens is 273 g/mol. The third-order valence-electron chi connectivity index (χ3n) is 1.78. The molecule has 0 fully saturated rings. The molecule has 0 saturated carbocycles. The summed E-state index contributed by atoms with van der Waals surface area (Å²) in [5.41, 5.74) is 0.0296. The largest absolute Gasteiger partial charge is 0.278 e. The quantitative estimate of drug-likeness (QED) is 0.842. The molecule has 1 rings (SSSR count). The number of unbranched alkanes of at least 4 members (excludes halogenated alkanes) is 1. The molecule has 0 spiro atoms.